The molecule has 0 aliphatic heterocycles. The van der Waals surface area contributed by atoms with Gasteiger partial charge in [0.1, 0.15) is 24.4 Å². The minimum atomic E-state index is -1.47. The van der Waals surface area contributed by atoms with Crippen LogP contribution in [0.1, 0.15) is 56.5 Å². The molecule has 1 rings (SSSR count). The number of carboxylic acid groups (broad SMARTS) is 1. The topological polar surface area (TPSA) is 151 Å². The number of aryl methyl sites for hydroxylation is 1. The third-order valence-electron chi connectivity index (χ3n) is 4.86. The van der Waals surface area contributed by atoms with Gasteiger partial charge in [-0.05, 0) is 49.3 Å². The number of hydrogen-bond acceptors (Lipinski definition) is 6. The third-order valence-corrected chi connectivity index (χ3v) is 5.27. The molecule has 0 saturated carbocycles. The number of ether oxygens (including phenoxy) is 1. The Bertz CT molecular complexity index is 831. The molecule has 6 N–H and O–H groups in total. The Morgan fingerprint density at radius 1 is 1.06 bits per heavy atom. The Hall–Kier alpha value is -2.36. The molecule has 0 spiro atoms. The lowest BCUT2D eigenvalue weighted by atomic mass is 10.0. The lowest BCUT2D eigenvalue weighted by molar-refractivity contribution is -0.143. The monoisotopic (exact) mass is 485 g/mol. The van der Waals surface area contributed by atoms with Crippen molar-refractivity contribution in [1.29, 1.82) is 0 Å². The third kappa shape index (κ3) is 9.57. The molecule has 186 valence electrons. The maximum Gasteiger partial charge on any atom is 0.328 e. The van der Waals surface area contributed by atoms with Gasteiger partial charge in [0.15, 0.2) is 0 Å². The fourth-order valence-corrected chi connectivity index (χ4v) is 3.38. The van der Waals surface area contributed by atoms with Crippen molar-refractivity contribution in [2.24, 2.45) is 17.6 Å². The molecule has 33 heavy (non-hydrogen) atoms. The highest BCUT2D eigenvalue weighted by Gasteiger charge is 2.28. The van der Waals surface area contributed by atoms with Gasteiger partial charge < -0.3 is 31.3 Å². The first-order valence-electron chi connectivity index (χ1n) is 11.0. The fourth-order valence-electron chi connectivity index (χ4n) is 3.22. The van der Waals surface area contributed by atoms with Gasteiger partial charge in [-0.25, -0.2) is 4.79 Å². The Labute approximate surface area is 200 Å². The molecule has 0 bridgehead atoms. The summed E-state index contributed by atoms with van der Waals surface area (Å²) in [4.78, 5) is 36.9. The zero-order chi connectivity index (χ0) is 25.3. The molecule has 9 nitrogen and oxygen atoms in total. The number of carboxylic acids is 1. The first kappa shape index (κ1) is 28.7. The summed E-state index contributed by atoms with van der Waals surface area (Å²) in [5.74, 6) is -1.98. The van der Waals surface area contributed by atoms with E-state index in [1.165, 1.54) is 6.07 Å². The van der Waals surface area contributed by atoms with Gasteiger partial charge >= 0.3 is 5.97 Å². The van der Waals surface area contributed by atoms with Gasteiger partial charge in [0.25, 0.3) is 5.91 Å². The molecule has 0 aromatic heterocycles. The van der Waals surface area contributed by atoms with Gasteiger partial charge in [-0.15, -0.1) is 0 Å². The van der Waals surface area contributed by atoms with Crippen LogP contribution >= 0.6 is 11.6 Å². The molecular weight excluding hydrogens is 450 g/mol. The van der Waals surface area contributed by atoms with Crippen LogP contribution in [-0.2, 0) is 9.59 Å². The van der Waals surface area contributed by atoms with Crippen LogP contribution < -0.4 is 21.1 Å². The van der Waals surface area contributed by atoms with E-state index < -0.39 is 36.5 Å². The predicted molar refractivity (Wildman–Crippen MR) is 126 cm³/mol. The second-order valence-electron chi connectivity index (χ2n) is 9.04. The largest absolute Gasteiger partial charge is 0.491 e. The van der Waals surface area contributed by atoms with Crippen molar-refractivity contribution in [3.63, 3.8) is 0 Å². The standard InChI is InChI=1S/C23H36ClN3O6/c1-12(2)6-15(25)11-33-20-8-14(5)17(24)9-16(20)21(29)26-18(7-13(3)4)22(30)27-19(10-28)23(31)32/h8-9,12-13,15,18-19,28H,6-7,10-11,25H2,1-5H3,(H,26,29)(H,27,30)(H,31,32)/t15-,18+,19+/m1/s1. The van der Waals surface area contributed by atoms with Crippen LogP contribution in [0.25, 0.3) is 0 Å². The summed E-state index contributed by atoms with van der Waals surface area (Å²) < 4.78 is 5.84. The number of nitrogens with one attached hydrogen (secondary N) is 2. The van der Waals surface area contributed by atoms with Crippen molar-refractivity contribution in [2.75, 3.05) is 13.2 Å². The summed E-state index contributed by atoms with van der Waals surface area (Å²) in [7, 11) is 0. The van der Waals surface area contributed by atoms with E-state index in [-0.39, 0.29) is 36.3 Å². The Morgan fingerprint density at radius 3 is 2.18 bits per heavy atom. The fraction of sp³-hybridized carbons (Fsp3) is 0.609. The second-order valence-corrected chi connectivity index (χ2v) is 9.44. The van der Waals surface area contributed by atoms with Crippen LogP contribution in [-0.4, -0.2) is 59.3 Å². The highest BCUT2D eigenvalue weighted by molar-refractivity contribution is 6.31. The molecular formula is C23H36ClN3O6. The SMILES string of the molecule is Cc1cc(OC[C@H](N)CC(C)C)c(C(=O)N[C@@H](CC(C)C)C(=O)N[C@@H](CO)C(=O)O)cc1Cl. The van der Waals surface area contributed by atoms with Gasteiger partial charge in [-0.1, -0.05) is 39.3 Å². The molecule has 0 aliphatic carbocycles. The van der Waals surface area contributed by atoms with Gasteiger partial charge in [-0.2, -0.15) is 0 Å². The zero-order valence-corrected chi connectivity index (χ0v) is 20.6. The number of aliphatic hydroxyl groups excluding tert-OH is 1. The quantitative estimate of drug-likeness (QED) is 0.287. The minimum absolute atomic E-state index is 0.0183. The van der Waals surface area contributed by atoms with E-state index in [1.54, 1.807) is 13.0 Å². The van der Waals surface area contributed by atoms with E-state index in [2.05, 4.69) is 24.5 Å². The Balaban J connectivity index is 3.11. The second kappa shape index (κ2) is 13.4. The number of aliphatic carboxylic acids is 1. The molecule has 0 fully saturated rings. The van der Waals surface area contributed by atoms with Crippen molar-refractivity contribution >= 4 is 29.4 Å². The highest BCUT2D eigenvalue weighted by atomic mass is 35.5. The summed E-state index contributed by atoms with van der Waals surface area (Å²) >= 11 is 6.23. The van der Waals surface area contributed by atoms with Crippen LogP contribution in [0.3, 0.4) is 0 Å². The Morgan fingerprint density at radius 2 is 1.67 bits per heavy atom. The number of amides is 2. The van der Waals surface area contributed by atoms with Crippen LogP contribution in [0.2, 0.25) is 5.02 Å². The van der Waals surface area contributed by atoms with E-state index in [0.29, 0.717) is 16.5 Å². The van der Waals surface area contributed by atoms with Crippen LogP contribution in [0.5, 0.6) is 5.75 Å². The predicted octanol–water partition coefficient (Wildman–Crippen LogP) is 2.11. The van der Waals surface area contributed by atoms with Gasteiger partial charge in [0, 0.05) is 11.1 Å². The molecule has 0 radical (unpaired) electrons. The lowest BCUT2D eigenvalue weighted by Crippen LogP contribution is -2.53. The maximum absolute atomic E-state index is 13.1. The number of halogens is 1. The molecule has 0 unspecified atom stereocenters. The van der Waals surface area contributed by atoms with E-state index in [9.17, 15) is 19.5 Å². The number of nitrogens with two attached hydrogens (primary N) is 1. The summed E-state index contributed by atoms with van der Waals surface area (Å²) in [6.07, 6.45) is 1.00. The van der Waals surface area contributed by atoms with Gasteiger partial charge in [-0.3, -0.25) is 9.59 Å². The van der Waals surface area contributed by atoms with Crippen molar-refractivity contribution in [2.45, 2.75) is 65.6 Å². The van der Waals surface area contributed by atoms with E-state index in [1.807, 2.05) is 13.8 Å². The molecule has 10 heteroatoms. The first-order chi connectivity index (χ1) is 15.3. The van der Waals surface area contributed by atoms with Crippen molar-refractivity contribution < 1.29 is 29.3 Å². The molecule has 0 saturated heterocycles. The molecule has 0 heterocycles. The van der Waals surface area contributed by atoms with Crippen molar-refractivity contribution in [3.05, 3.63) is 28.3 Å². The van der Waals surface area contributed by atoms with Gasteiger partial charge in [0.2, 0.25) is 5.91 Å². The smallest absolute Gasteiger partial charge is 0.328 e. The number of hydrogen-bond donors (Lipinski definition) is 5. The number of benzene rings is 1. The Kier molecular flexibility index (Phi) is 11.6. The number of rotatable bonds is 13. The zero-order valence-electron chi connectivity index (χ0n) is 19.9. The average molecular weight is 486 g/mol. The molecule has 1 aromatic rings. The number of carbonyl (C=O) groups excluding carboxylic acids is 2. The summed E-state index contributed by atoms with van der Waals surface area (Å²) in [6.45, 7) is 9.04. The average Bonchev–Trinajstić information content (AvgIpc) is 2.70. The van der Waals surface area contributed by atoms with E-state index in [0.717, 1.165) is 6.42 Å². The normalized spacial score (nSPS) is 14.0. The lowest BCUT2D eigenvalue weighted by Gasteiger charge is -2.23. The summed E-state index contributed by atoms with van der Waals surface area (Å²) in [5.41, 5.74) is 6.95. The molecule has 2 amide bonds. The summed E-state index contributed by atoms with van der Waals surface area (Å²) in [5, 5.41) is 23.5. The maximum atomic E-state index is 13.1. The van der Waals surface area contributed by atoms with Crippen molar-refractivity contribution in [3.8, 4) is 5.75 Å². The number of carbonyl (C=O) groups is 3. The van der Waals surface area contributed by atoms with E-state index >= 15 is 0 Å². The molecule has 1 aromatic carbocycles. The van der Waals surface area contributed by atoms with Gasteiger partial charge in [0.05, 0.1) is 12.2 Å². The minimum Gasteiger partial charge on any atom is -0.491 e. The van der Waals surface area contributed by atoms with Crippen LogP contribution in [0.15, 0.2) is 12.1 Å². The van der Waals surface area contributed by atoms with Crippen LogP contribution in [0.4, 0.5) is 0 Å². The molecule has 0 aliphatic rings. The summed E-state index contributed by atoms with van der Waals surface area (Å²) in [6, 6.07) is 0.389. The highest BCUT2D eigenvalue weighted by Crippen LogP contribution is 2.27. The molecule has 3 atom stereocenters. The van der Waals surface area contributed by atoms with Crippen molar-refractivity contribution in [1.82, 2.24) is 10.6 Å². The number of aliphatic hydroxyl groups is 1. The first-order valence-corrected chi connectivity index (χ1v) is 11.4. The van der Waals surface area contributed by atoms with E-state index in [4.69, 9.17) is 27.2 Å². The van der Waals surface area contributed by atoms with Crippen LogP contribution in [0, 0.1) is 18.8 Å².